The molecule has 4 nitrogen and oxygen atoms in total. The molecule has 0 saturated heterocycles. The summed E-state index contributed by atoms with van der Waals surface area (Å²) in [6.45, 7) is 1.64. The van der Waals surface area contributed by atoms with Gasteiger partial charge in [-0.05, 0) is 6.07 Å². The Kier molecular flexibility index (Phi) is 2.28. The minimum absolute atomic E-state index is 0.231. The number of aryl methyl sites for hydroxylation is 1. The number of hydrogen-bond donors (Lipinski definition) is 1. The van der Waals surface area contributed by atoms with Gasteiger partial charge in [0.05, 0.1) is 0 Å². The van der Waals surface area contributed by atoms with Gasteiger partial charge < -0.3 is 10.3 Å². The third kappa shape index (κ3) is 1.72. The molecule has 0 saturated carbocycles. The Labute approximate surface area is 69.7 Å². The molecule has 1 heterocycles. The van der Waals surface area contributed by atoms with Crippen LogP contribution in [0.15, 0.2) is 18.2 Å². The van der Waals surface area contributed by atoms with Crippen molar-refractivity contribution in [3.05, 3.63) is 34.8 Å². The van der Waals surface area contributed by atoms with E-state index in [0.717, 1.165) is 0 Å². The van der Waals surface area contributed by atoms with Gasteiger partial charge in [-0.25, -0.2) is 0 Å². The normalized spacial score (nSPS) is 9.75. The lowest BCUT2D eigenvalue weighted by molar-refractivity contribution is -0.620. The zero-order chi connectivity index (χ0) is 9.14. The van der Waals surface area contributed by atoms with Crippen molar-refractivity contribution in [1.29, 1.82) is 0 Å². The summed E-state index contributed by atoms with van der Waals surface area (Å²) >= 11 is 0. The lowest BCUT2D eigenvalue weighted by Gasteiger charge is -2.03. The Morgan fingerprint density at radius 3 is 2.92 bits per heavy atom. The van der Waals surface area contributed by atoms with Crippen LogP contribution in [0, 0.1) is 12.1 Å². The molecule has 0 spiro atoms. The van der Waals surface area contributed by atoms with E-state index in [0.29, 0.717) is 10.4 Å². The molecule has 1 N–H and O–H groups in total. The molecule has 0 aliphatic carbocycles. The van der Waals surface area contributed by atoms with Crippen molar-refractivity contribution in [3.8, 4) is 0 Å². The maximum atomic E-state index is 11.2. The van der Waals surface area contributed by atoms with Gasteiger partial charge in [0.2, 0.25) is 5.69 Å². The van der Waals surface area contributed by atoms with Crippen molar-refractivity contribution in [2.75, 3.05) is 0 Å². The Morgan fingerprint density at radius 2 is 2.33 bits per heavy atom. The van der Waals surface area contributed by atoms with E-state index < -0.39 is 5.97 Å². The number of aromatic nitrogens is 1. The number of carboxylic acids is 1. The third-order valence-corrected chi connectivity index (χ3v) is 1.54. The van der Waals surface area contributed by atoms with Crippen molar-refractivity contribution in [2.24, 2.45) is 0 Å². The first kappa shape index (κ1) is 8.52. The Balaban J connectivity index is 3.00. The van der Waals surface area contributed by atoms with Crippen molar-refractivity contribution >= 4 is 5.97 Å². The number of pyridine rings is 1. The van der Waals surface area contributed by atoms with Gasteiger partial charge >= 0.3 is 5.97 Å². The van der Waals surface area contributed by atoms with Crippen LogP contribution in [-0.4, -0.2) is 11.1 Å². The van der Waals surface area contributed by atoms with Crippen LogP contribution in [0.1, 0.15) is 11.4 Å². The summed E-state index contributed by atoms with van der Waals surface area (Å²) in [6, 6.07) is 4.81. The molecule has 0 radical (unpaired) electrons. The van der Waals surface area contributed by atoms with Crippen LogP contribution in [0.25, 0.3) is 0 Å². The van der Waals surface area contributed by atoms with Gasteiger partial charge in [-0.15, -0.1) is 0 Å². The van der Waals surface area contributed by atoms with Crippen LogP contribution in [0.2, 0.25) is 0 Å². The molecule has 4 heteroatoms. The van der Waals surface area contributed by atoms with E-state index in [-0.39, 0.29) is 12.1 Å². The van der Waals surface area contributed by atoms with E-state index in [1.165, 1.54) is 6.07 Å². The Hall–Kier alpha value is -1.58. The van der Waals surface area contributed by atoms with Crippen LogP contribution < -0.4 is 4.73 Å². The number of nitrogens with zero attached hydrogens (tertiary/aromatic N) is 1. The SMILES string of the molecule is Cc1cccc(CC(=O)O)[n+]1[O-]. The lowest BCUT2D eigenvalue weighted by Crippen LogP contribution is -2.36. The average molecular weight is 167 g/mol. The zero-order valence-corrected chi connectivity index (χ0v) is 6.65. The molecule has 0 amide bonds. The molecule has 0 atom stereocenters. The van der Waals surface area contributed by atoms with E-state index >= 15 is 0 Å². The third-order valence-electron chi connectivity index (χ3n) is 1.54. The molecule has 64 valence electrons. The second-order valence-corrected chi connectivity index (χ2v) is 2.52. The molecular weight excluding hydrogens is 158 g/mol. The zero-order valence-electron chi connectivity index (χ0n) is 6.65. The molecule has 0 fully saturated rings. The highest BCUT2D eigenvalue weighted by atomic mass is 16.5. The molecule has 1 aromatic heterocycles. The van der Waals surface area contributed by atoms with Gasteiger partial charge in [0, 0.05) is 19.1 Å². The number of hydrogen-bond acceptors (Lipinski definition) is 2. The van der Waals surface area contributed by atoms with Gasteiger partial charge in [-0.2, -0.15) is 4.73 Å². The molecule has 1 aromatic rings. The quantitative estimate of drug-likeness (QED) is 0.507. The van der Waals surface area contributed by atoms with Crippen LogP contribution in [0.3, 0.4) is 0 Å². The Morgan fingerprint density at radius 1 is 1.67 bits per heavy atom. The summed E-state index contributed by atoms with van der Waals surface area (Å²) in [5.41, 5.74) is 0.774. The van der Waals surface area contributed by atoms with Crippen LogP contribution in [0.4, 0.5) is 0 Å². The first-order chi connectivity index (χ1) is 5.61. The minimum Gasteiger partial charge on any atom is -0.618 e. The molecule has 0 unspecified atom stereocenters. The summed E-state index contributed by atoms with van der Waals surface area (Å²) in [4.78, 5) is 10.3. The lowest BCUT2D eigenvalue weighted by atomic mass is 10.2. The summed E-state index contributed by atoms with van der Waals surface area (Å²) in [5, 5.41) is 19.6. The maximum Gasteiger partial charge on any atom is 0.314 e. The van der Waals surface area contributed by atoms with Crippen molar-refractivity contribution < 1.29 is 14.6 Å². The smallest absolute Gasteiger partial charge is 0.314 e. The van der Waals surface area contributed by atoms with Crippen LogP contribution in [0.5, 0.6) is 0 Å². The predicted molar refractivity (Wildman–Crippen MR) is 41.5 cm³/mol. The summed E-state index contributed by atoms with van der Waals surface area (Å²) < 4.78 is 0.633. The highest BCUT2D eigenvalue weighted by Gasteiger charge is 2.10. The van der Waals surface area contributed by atoms with E-state index in [4.69, 9.17) is 5.11 Å². The van der Waals surface area contributed by atoms with Crippen molar-refractivity contribution in [1.82, 2.24) is 0 Å². The monoisotopic (exact) mass is 167 g/mol. The molecule has 0 bridgehead atoms. The van der Waals surface area contributed by atoms with Crippen molar-refractivity contribution in [2.45, 2.75) is 13.3 Å². The van der Waals surface area contributed by atoms with Gasteiger partial charge in [-0.3, -0.25) is 4.79 Å². The first-order valence-corrected chi connectivity index (χ1v) is 3.51. The largest absolute Gasteiger partial charge is 0.618 e. The highest BCUT2D eigenvalue weighted by Crippen LogP contribution is 1.96. The van der Waals surface area contributed by atoms with E-state index in [2.05, 4.69) is 0 Å². The van der Waals surface area contributed by atoms with Crippen molar-refractivity contribution in [3.63, 3.8) is 0 Å². The fourth-order valence-electron chi connectivity index (χ4n) is 0.946. The Bertz CT molecular complexity index is 309. The fourth-order valence-corrected chi connectivity index (χ4v) is 0.946. The second kappa shape index (κ2) is 3.21. The molecule has 0 aliphatic rings. The number of rotatable bonds is 2. The number of carbonyl (C=O) groups is 1. The molecule has 12 heavy (non-hydrogen) atoms. The summed E-state index contributed by atoms with van der Waals surface area (Å²) in [5.74, 6) is -0.995. The predicted octanol–water partition coefficient (Wildman–Crippen LogP) is 0.256. The van der Waals surface area contributed by atoms with E-state index in [9.17, 15) is 10.0 Å². The van der Waals surface area contributed by atoms with Gasteiger partial charge in [-0.1, -0.05) is 0 Å². The molecule has 0 aromatic carbocycles. The molecule has 1 rings (SSSR count). The molecular formula is C8H9NO3. The number of aliphatic carboxylic acids is 1. The summed E-state index contributed by atoms with van der Waals surface area (Å²) in [6.07, 6.45) is -0.231. The summed E-state index contributed by atoms with van der Waals surface area (Å²) in [7, 11) is 0. The average Bonchev–Trinajstić information content (AvgIpc) is 1.98. The van der Waals surface area contributed by atoms with Crippen LogP contribution in [-0.2, 0) is 11.2 Å². The second-order valence-electron chi connectivity index (χ2n) is 2.52. The highest BCUT2D eigenvalue weighted by molar-refractivity contribution is 5.69. The van der Waals surface area contributed by atoms with Gasteiger partial charge in [0.15, 0.2) is 5.69 Å². The standard InChI is InChI=1S/C8H9NO3/c1-6-3-2-4-7(9(6)12)5-8(10)11/h2-4H,5H2,1H3,(H,10,11). The fraction of sp³-hybridized carbons (Fsp3) is 0.250. The first-order valence-electron chi connectivity index (χ1n) is 3.51. The van der Waals surface area contributed by atoms with Gasteiger partial charge in [0.1, 0.15) is 6.42 Å². The minimum atomic E-state index is -0.995. The van der Waals surface area contributed by atoms with E-state index in [1.807, 2.05) is 0 Å². The van der Waals surface area contributed by atoms with Crippen LogP contribution >= 0.6 is 0 Å². The van der Waals surface area contributed by atoms with E-state index in [1.54, 1.807) is 19.1 Å². The van der Waals surface area contributed by atoms with Gasteiger partial charge in [0.25, 0.3) is 0 Å². The molecule has 0 aliphatic heterocycles. The number of carboxylic acid groups (broad SMARTS) is 1. The topological polar surface area (TPSA) is 64.2 Å². The maximum absolute atomic E-state index is 11.2.